The van der Waals surface area contributed by atoms with Crippen LogP contribution in [0.15, 0.2) is 60.7 Å². The molecule has 2 atom stereocenters. The lowest BCUT2D eigenvalue weighted by atomic mass is 9.96. The van der Waals surface area contributed by atoms with Gasteiger partial charge in [-0.1, -0.05) is 67.6 Å². The van der Waals surface area contributed by atoms with Gasteiger partial charge in [-0.15, -0.1) is 0 Å². The topological polar surface area (TPSA) is 29.5 Å². The van der Waals surface area contributed by atoms with Crippen molar-refractivity contribution in [3.8, 4) is 0 Å². The van der Waals surface area contributed by atoms with Crippen LogP contribution in [0.4, 0.5) is 0 Å². The predicted molar refractivity (Wildman–Crippen MR) is 95.5 cm³/mol. The second-order valence-corrected chi connectivity index (χ2v) is 6.96. The van der Waals surface area contributed by atoms with Crippen molar-refractivity contribution in [3.63, 3.8) is 0 Å². The first kappa shape index (κ1) is 16.7. The van der Waals surface area contributed by atoms with Crippen LogP contribution in [0.5, 0.6) is 0 Å². The van der Waals surface area contributed by atoms with Crippen molar-refractivity contribution in [2.24, 2.45) is 0 Å². The molecule has 24 heavy (non-hydrogen) atoms. The van der Waals surface area contributed by atoms with Gasteiger partial charge in [-0.25, -0.2) is 0 Å². The van der Waals surface area contributed by atoms with Crippen LogP contribution in [0.2, 0.25) is 0 Å². The molecule has 3 nitrogen and oxygen atoms in total. The van der Waals surface area contributed by atoms with Crippen molar-refractivity contribution in [2.45, 2.75) is 44.9 Å². The van der Waals surface area contributed by atoms with Crippen LogP contribution in [0.25, 0.3) is 0 Å². The molecule has 0 bridgehead atoms. The number of carbonyl (C=O) groups is 1. The quantitative estimate of drug-likeness (QED) is 0.828. The highest BCUT2D eigenvalue weighted by Crippen LogP contribution is 2.38. The number of hydrogen-bond acceptors (Lipinski definition) is 2. The summed E-state index contributed by atoms with van der Waals surface area (Å²) in [7, 11) is 0. The summed E-state index contributed by atoms with van der Waals surface area (Å²) >= 11 is 0. The zero-order valence-electron chi connectivity index (χ0n) is 14.6. The molecular formula is C21H25NO2. The number of hydrogen-bond donors (Lipinski definition) is 0. The van der Waals surface area contributed by atoms with Gasteiger partial charge in [0, 0.05) is 6.42 Å². The summed E-state index contributed by atoms with van der Waals surface area (Å²) in [5, 5.41) is 0. The summed E-state index contributed by atoms with van der Waals surface area (Å²) in [5.74, 6) is 0.328. The van der Waals surface area contributed by atoms with E-state index >= 15 is 0 Å². The lowest BCUT2D eigenvalue weighted by molar-refractivity contribution is -0.146. The molecule has 0 unspecified atom stereocenters. The van der Waals surface area contributed by atoms with Gasteiger partial charge in [-0.05, 0) is 30.9 Å². The van der Waals surface area contributed by atoms with Gasteiger partial charge >= 0.3 is 0 Å². The number of nitrogens with zero attached hydrogens (tertiary/aromatic N) is 1. The van der Waals surface area contributed by atoms with Crippen molar-refractivity contribution in [1.29, 1.82) is 0 Å². The van der Waals surface area contributed by atoms with E-state index in [1.165, 1.54) is 5.56 Å². The second-order valence-electron chi connectivity index (χ2n) is 6.96. The maximum absolute atomic E-state index is 13.1. The van der Waals surface area contributed by atoms with Gasteiger partial charge in [0.2, 0.25) is 5.91 Å². The molecule has 1 aliphatic rings. The van der Waals surface area contributed by atoms with Crippen molar-refractivity contribution in [3.05, 3.63) is 71.8 Å². The summed E-state index contributed by atoms with van der Waals surface area (Å²) in [6.45, 7) is 6.60. The highest BCUT2D eigenvalue weighted by Gasteiger charge is 2.44. The van der Waals surface area contributed by atoms with Crippen molar-refractivity contribution in [2.75, 3.05) is 6.61 Å². The molecule has 126 valence electrons. The highest BCUT2D eigenvalue weighted by molar-refractivity contribution is 5.78. The summed E-state index contributed by atoms with van der Waals surface area (Å²) in [6, 6.07) is 20.3. The number of amides is 1. The molecule has 3 heteroatoms. The van der Waals surface area contributed by atoms with Crippen LogP contribution in [-0.4, -0.2) is 23.1 Å². The fraction of sp³-hybridized carbons (Fsp3) is 0.381. The van der Waals surface area contributed by atoms with E-state index < -0.39 is 5.72 Å². The van der Waals surface area contributed by atoms with Crippen LogP contribution in [-0.2, 0) is 9.53 Å². The molecule has 1 saturated heterocycles. The molecule has 2 aromatic rings. The highest BCUT2D eigenvalue weighted by atomic mass is 16.5. The van der Waals surface area contributed by atoms with Gasteiger partial charge in [0.1, 0.15) is 5.72 Å². The molecule has 1 aliphatic heterocycles. The van der Waals surface area contributed by atoms with Crippen molar-refractivity contribution >= 4 is 5.91 Å². The fourth-order valence-corrected chi connectivity index (χ4v) is 3.46. The zero-order chi connectivity index (χ0) is 17.2. The van der Waals surface area contributed by atoms with Gasteiger partial charge < -0.3 is 9.64 Å². The third kappa shape index (κ3) is 3.36. The zero-order valence-corrected chi connectivity index (χ0v) is 14.6. The van der Waals surface area contributed by atoms with Gasteiger partial charge in [-0.3, -0.25) is 4.79 Å². The van der Waals surface area contributed by atoms with E-state index in [1.807, 2.05) is 55.1 Å². The maximum atomic E-state index is 13.1. The Morgan fingerprint density at radius 2 is 1.71 bits per heavy atom. The number of ether oxygens (including phenoxy) is 1. The Labute approximate surface area is 144 Å². The van der Waals surface area contributed by atoms with Crippen LogP contribution >= 0.6 is 0 Å². The van der Waals surface area contributed by atoms with E-state index in [2.05, 4.69) is 31.2 Å². The monoisotopic (exact) mass is 323 g/mol. The third-order valence-corrected chi connectivity index (χ3v) is 4.79. The summed E-state index contributed by atoms with van der Waals surface area (Å²) in [4.78, 5) is 15.0. The second kappa shape index (κ2) is 6.78. The molecule has 2 aromatic carbocycles. The minimum atomic E-state index is -0.575. The predicted octanol–water partition coefficient (Wildman–Crippen LogP) is 4.52. The van der Waals surface area contributed by atoms with Crippen molar-refractivity contribution in [1.82, 2.24) is 4.90 Å². The lowest BCUT2D eigenvalue weighted by Gasteiger charge is -2.34. The van der Waals surface area contributed by atoms with E-state index in [0.717, 1.165) is 5.56 Å². The van der Waals surface area contributed by atoms with Gasteiger partial charge in [0.05, 0.1) is 12.6 Å². The molecule has 0 aliphatic carbocycles. The molecule has 1 amide bonds. The Hall–Kier alpha value is -2.13. The average Bonchev–Trinajstić information content (AvgIpc) is 2.91. The molecule has 0 spiro atoms. The van der Waals surface area contributed by atoms with Gasteiger partial charge in [0.15, 0.2) is 0 Å². The molecule has 0 radical (unpaired) electrons. The van der Waals surface area contributed by atoms with E-state index in [4.69, 9.17) is 4.74 Å². The summed E-state index contributed by atoms with van der Waals surface area (Å²) in [5.41, 5.74) is 1.75. The van der Waals surface area contributed by atoms with Crippen LogP contribution < -0.4 is 0 Å². The normalized spacial score (nSPS) is 20.8. The van der Waals surface area contributed by atoms with E-state index in [1.54, 1.807) is 0 Å². The van der Waals surface area contributed by atoms with E-state index in [-0.39, 0.29) is 17.9 Å². The molecule has 0 aromatic heterocycles. The van der Waals surface area contributed by atoms with Crippen LogP contribution in [0.3, 0.4) is 0 Å². The molecule has 3 rings (SSSR count). The third-order valence-electron chi connectivity index (χ3n) is 4.79. The standard InChI is InChI=1S/C21H25NO2/c1-16(17-10-6-4-7-11-17)14-20(23)22-19(15-24-21(22,2)3)18-12-8-5-9-13-18/h4-13,16,19H,14-15H2,1-3H3/t16-,19+/m1/s1. The largest absolute Gasteiger partial charge is 0.354 e. The van der Waals surface area contributed by atoms with Gasteiger partial charge in [-0.2, -0.15) is 0 Å². The Kier molecular flexibility index (Phi) is 4.72. The lowest BCUT2D eigenvalue weighted by Crippen LogP contribution is -2.45. The first-order chi connectivity index (χ1) is 11.5. The minimum absolute atomic E-state index is 0.0170. The number of carbonyl (C=O) groups excluding carboxylic acids is 1. The fourth-order valence-electron chi connectivity index (χ4n) is 3.46. The molecule has 0 saturated carbocycles. The Morgan fingerprint density at radius 3 is 2.33 bits per heavy atom. The first-order valence-electron chi connectivity index (χ1n) is 8.55. The Bertz CT molecular complexity index is 681. The first-order valence-corrected chi connectivity index (χ1v) is 8.55. The van der Waals surface area contributed by atoms with Crippen LogP contribution in [0.1, 0.15) is 50.3 Å². The van der Waals surface area contributed by atoms with E-state index in [9.17, 15) is 4.79 Å². The summed E-state index contributed by atoms with van der Waals surface area (Å²) < 4.78 is 5.93. The smallest absolute Gasteiger partial charge is 0.226 e. The number of benzene rings is 2. The maximum Gasteiger partial charge on any atom is 0.226 e. The van der Waals surface area contributed by atoms with Crippen LogP contribution in [0, 0.1) is 0 Å². The van der Waals surface area contributed by atoms with Crippen molar-refractivity contribution < 1.29 is 9.53 Å². The average molecular weight is 323 g/mol. The Balaban J connectivity index is 1.80. The minimum Gasteiger partial charge on any atom is -0.354 e. The van der Waals surface area contributed by atoms with E-state index in [0.29, 0.717) is 13.0 Å². The SMILES string of the molecule is C[C@H](CC(=O)N1[C@H](c2ccccc2)COC1(C)C)c1ccccc1. The number of rotatable bonds is 4. The molecule has 1 fully saturated rings. The molecular weight excluding hydrogens is 298 g/mol. The summed E-state index contributed by atoms with van der Waals surface area (Å²) in [6.07, 6.45) is 0.486. The molecule has 0 N–H and O–H groups in total. The Morgan fingerprint density at radius 1 is 1.12 bits per heavy atom. The molecule has 1 heterocycles. The van der Waals surface area contributed by atoms with Gasteiger partial charge in [0.25, 0.3) is 0 Å².